The van der Waals surface area contributed by atoms with Gasteiger partial charge in [-0.2, -0.15) is 0 Å². The van der Waals surface area contributed by atoms with Crippen molar-refractivity contribution in [3.63, 3.8) is 0 Å². The largest absolute Gasteiger partial charge is 1.00 e. The van der Waals surface area contributed by atoms with Crippen LogP contribution in [0.3, 0.4) is 0 Å². The third-order valence-corrected chi connectivity index (χ3v) is 12.2. The number of benzene rings is 4. The first-order valence-electron chi connectivity index (χ1n) is 19.6. The second kappa shape index (κ2) is 29.8. The van der Waals surface area contributed by atoms with E-state index in [2.05, 4.69) is 0 Å². The van der Waals surface area contributed by atoms with E-state index in [1.807, 2.05) is 109 Å². The summed E-state index contributed by atoms with van der Waals surface area (Å²) in [6.07, 6.45) is 6.76. The summed E-state index contributed by atoms with van der Waals surface area (Å²) >= 11 is 0. The van der Waals surface area contributed by atoms with Crippen LogP contribution < -0.4 is 103 Å². The number of quaternary nitrogens is 3. The van der Waals surface area contributed by atoms with Crippen LogP contribution >= 0.6 is 0 Å². The van der Waals surface area contributed by atoms with Crippen LogP contribution in [0.5, 0.6) is 0 Å². The van der Waals surface area contributed by atoms with Crippen molar-refractivity contribution >= 4 is 30.4 Å². The standard InChI is InChI=1S/C42H57N3O9S3.3Na/c46-55(47,48)34-43(25-13-10-22-37-16-4-1-5-17-37)31-40-28-41(32-44(35-56(49,50)51)26-14-11-23-38-18-6-2-7-19-38)30-42(29-40)33-45(36-57(52,53)54)27-15-12-24-39-20-8-3-9-21-39;;;/h1-9,16-21,28-30H,10-15,22-27,31-36H2,(H,46,47,48)(H,49,50,51)(H,52,53,54);;;/q;3*+1. The summed E-state index contributed by atoms with van der Waals surface area (Å²) in [5.41, 5.74) is 5.54. The van der Waals surface area contributed by atoms with Crippen molar-refractivity contribution in [3.05, 3.63) is 143 Å². The molecule has 0 aliphatic carbocycles. The predicted octanol–water partition coefficient (Wildman–Crippen LogP) is -7.57. The molecule has 4 rings (SSSR count). The molecular weight excluding hydrogens is 856 g/mol. The molecule has 0 bridgehead atoms. The number of hydrogen-bond donors (Lipinski definition) is 3. The smallest absolute Gasteiger partial charge is 0.744 e. The molecule has 60 heavy (non-hydrogen) atoms. The molecule has 12 nitrogen and oxygen atoms in total. The summed E-state index contributed by atoms with van der Waals surface area (Å²) in [4.78, 5) is 1.63. The normalized spacial score (nSPS) is 13.2. The van der Waals surface area contributed by atoms with E-state index >= 15 is 0 Å². The molecule has 3 N–H and O–H groups in total. The Morgan fingerprint density at radius 3 is 0.800 bits per heavy atom. The maximum absolute atomic E-state index is 12.1. The molecule has 3 unspecified atom stereocenters. The summed E-state index contributed by atoms with van der Waals surface area (Å²) in [6, 6.07) is 35.3. The van der Waals surface area contributed by atoms with E-state index < -0.39 is 48.0 Å². The molecule has 4 aromatic carbocycles. The Bertz CT molecular complexity index is 1870. The molecule has 0 aliphatic rings. The van der Waals surface area contributed by atoms with E-state index in [0.717, 1.165) is 55.2 Å². The predicted molar refractivity (Wildman–Crippen MR) is 217 cm³/mol. The van der Waals surface area contributed by atoms with Gasteiger partial charge in [-0.15, -0.1) is 0 Å². The fourth-order valence-corrected chi connectivity index (χ4v) is 9.68. The van der Waals surface area contributed by atoms with Crippen LogP contribution in [0.1, 0.15) is 71.9 Å². The molecule has 0 amide bonds. The number of aryl methyl sites for hydroxylation is 3. The molecule has 312 valence electrons. The van der Waals surface area contributed by atoms with Crippen LogP contribution in [0.2, 0.25) is 0 Å². The first kappa shape index (κ1) is 57.5. The van der Waals surface area contributed by atoms with Crippen LogP contribution in [0.15, 0.2) is 109 Å². The molecule has 0 aromatic heterocycles. The summed E-state index contributed by atoms with van der Waals surface area (Å²) in [5.74, 6) is -1.88. The Labute approximate surface area is 425 Å². The van der Waals surface area contributed by atoms with Crippen molar-refractivity contribution < 1.29 is 142 Å². The van der Waals surface area contributed by atoms with Gasteiger partial charge in [-0.05, 0) is 92.7 Å². The summed E-state index contributed by atoms with van der Waals surface area (Å²) in [5, 5.41) is 0. The maximum Gasteiger partial charge on any atom is 1.00 e. The fourth-order valence-electron chi connectivity index (χ4n) is 7.44. The molecule has 0 saturated heterocycles. The molecular formula is C42H57N3Na3O9S3+3. The second-order valence-electron chi connectivity index (χ2n) is 15.1. The van der Waals surface area contributed by atoms with Gasteiger partial charge in [0.1, 0.15) is 50.0 Å². The van der Waals surface area contributed by atoms with E-state index in [-0.39, 0.29) is 108 Å². The molecule has 18 heteroatoms. The van der Waals surface area contributed by atoms with Gasteiger partial charge >= 0.3 is 88.7 Å². The number of hydrogen-bond acceptors (Lipinski definition) is 9. The van der Waals surface area contributed by atoms with E-state index in [4.69, 9.17) is 0 Å². The zero-order valence-electron chi connectivity index (χ0n) is 35.5. The van der Waals surface area contributed by atoms with Crippen LogP contribution in [-0.4, -0.2) is 76.2 Å². The second-order valence-corrected chi connectivity index (χ2v) is 19.3. The van der Waals surface area contributed by atoms with Gasteiger partial charge in [-0.25, -0.2) is 25.3 Å². The number of unbranched alkanes of at least 4 members (excludes halogenated alkanes) is 3. The average Bonchev–Trinajstić information content (AvgIpc) is 3.13. The van der Waals surface area contributed by atoms with E-state index in [1.165, 1.54) is 0 Å². The van der Waals surface area contributed by atoms with Crippen molar-refractivity contribution in [2.24, 2.45) is 0 Å². The van der Waals surface area contributed by atoms with Crippen LogP contribution in [0.4, 0.5) is 0 Å². The van der Waals surface area contributed by atoms with Gasteiger partial charge in [0.25, 0.3) is 0 Å². The third kappa shape index (κ3) is 26.3. The molecule has 3 atom stereocenters. The van der Waals surface area contributed by atoms with E-state index in [9.17, 15) is 38.9 Å². The number of rotatable bonds is 27. The molecule has 0 saturated carbocycles. The minimum absolute atomic E-state index is 0. The molecule has 4 aromatic rings. The van der Waals surface area contributed by atoms with Crippen molar-refractivity contribution in [2.45, 2.75) is 77.4 Å². The first-order valence-corrected chi connectivity index (χ1v) is 24.4. The molecule has 0 heterocycles. The Hall–Kier alpha value is -0.510. The third-order valence-electron chi connectivity index (χ3n) is 9.88. The van der Waals surface area contributed by atoms with Crippen molar-refractivity contribution in [3.8, 4) is 0 Å². The van der Waals surface area contributed by atoms with Gasteiger partial charge in [-0.1, -0.05) is 91.0 Å². The first-order chi connectivity index (χ1) is 27.1. The van der Waals surface area contributed by atoms with Gasteiger partial charge < -0.3 is 28.4 Å². The van der Waals surface area contributed by atoms with Gasteiger partial charge in [0.05, 0.1) is 19.6 Å². The van der Waals surface area contributed by atoms with E-state index in [1.54, 1.807) is 0 Å². The Morgan fingerprint density at radius 2 is 0.583 bits per heavy atom. The topological polar surface area (TPSA) is 185 Å². The Morgan fingerprint density at radius 1 is 0.350 bits per heavy atom. The fraction of sp³-hybridized carbons (Fsp3) is 0.429. The van der Waals surface area contributed by atoms with Crippen LogP contribution in [0, 0.1) is 0 Å². The van der Waals surface area contributed by atoms with Gasteiger partial charge in [-0.3, -0.25) is 0 Å². The quantitative estimate of drug-likeness (QED) is 0.0297. The van der Waals surface area contributed by atoms with Gasteiger partial charge in [0.2, 0.25) is 0 Å². The minimum atomic E-state index is -4.60. The molecule has 0 radical (unpaired) electrons. The van der Waals surface area contributed by atoms with Crippen molar-refractivity contribution in [1.29, 1.82) is 0 Å². The van der Waals surface area contributed by atoms with Crippen molar-refractivity contribution in [2.75, 3.05) is 37.3 Å². The summed E-state index contributed by atoms with van der Waals surface area (Å²) in [7, 11) is -13.8. The minimum Gasteiger partial charge on any atom is -0.744 e. The maximum atomic E-state index is 12.1. The monoisotopic (exact) mass is 912 g/mol. The summed E-state index contributed by atoms with van der Waals surface area (Å²) in [6.45, 7) is 1.75. The zero-order valence-corrected chi connectivity index (χ0v) is 44.0. The van der Waals surface area contributed by atoms with Gasteiger partial charge in [0, 0.05) is 16.7 Å². The number of nitrogens with one attached hydrogen (secondary N) is 3. The van der Waals surface area contributed by atoms with Crippen molar-refractivity contribution in [1.82, 2.24) is 0 Å². The Balaban J connectivity index is 0.00000600. The van der Waals surface area contributed by atoms with Crippen LogP contribution in [0.25, 0.3) is 0 Å². The van der Waals surface area contributed by atoms with Crippen LogP contribution in [-0.2, 0) is 69.3 Å². The molecule has 0 fully saturated rings. The molecule has 0 aliphatic heterocycles. The summed E-state index contributed by atoms with van der Waals surface area (Å²) < 4.78 is 108. The average molecular weight is 913 g/mol. The van der Waals surface area contributed by atoms with Gasteiger partial charge in [0.15, 0.2) is 17.6 Å². The molecule has 0 spiro atoms. The SMILES string of the molecule is O=S(=O)([O-])C[NH+](CCCCc1ccccc1)Cc1cc(C[NH+](CCCCc2ccccc2)CS(=O)(=O)[O-])cc(C[NH+](CCCCc2ccccc2)CS(=O)(=O)[O-])c1.[Na+].[Na+].[Na+]. The Kier molecular flexibility index (Phi) is 28.6. The zero-order chi connectivity index (χ0) is 41.2. The van der Waals surface area contributed by atoms with E-state index in [0.29, 0.717) is 70.3 Å².